The summed E-state index contributed by atoms with van der Waals surface area (Å²) in [6.45, 7) is 2.58. The summed E-state index contributed by atoms with van der Waals surface area (Å²) in [4.78, 5) is 27.9. The fraction of sp³-hybridized carbons (Fsp3) is 0.400. The van der Waals surface area contributed by atoms with Crippen molar-refractivity contribution in [2.45, 2.75) is 44.8 Å². The van der Waals surface area contributed by atoms with Crippen molar-refractivity contribution in [3.8, 4) is 6.07 Å². The molecule has 1 aliphatic rings. The van der Waals surface area contributed by atoms with Gasteiger partial charge in [0.05, 0.1) is 57.6 Å². The normalized spacial score (nSPS) is 15.4. The Labute approximate surface area is 242 Å². The number of hydrogen-bond acceptors (Lipinski definition) is 6. The summed E-state index contributed by atoms with van der Waals surface area (Å²) in [6, 6.07) is 10.8. The third-order valence-electron chi connectivity index (χ3n) is 7.32. The third-order valence-corrected chi connectivity index (χ3v) is 7.32. The summed E-state index contributed by atoms with van der Waals surface area (Å²) in [5.74, 6) is -0.723. The van der Waals surface area contributed by atoms with Gasteiger partial charge in [-0.05, 0) is 74.1 Å². The van der Waals surface area contributed by atoms with Gasteiger partial charge in [0.2, 0.25) is 5.95 Å². The van der Waals surface area contributed by atoms with Gasteiger partial charge in [0.1, 0.15) is 6.04 Å². The summed E-state index contributed by atoms with van der Waals surface area (Å²) < 4.78 is 48.0. The molecular formula is C30H34F3N6O3+. The third kappa shape index (κ3) is 6.26. The standard InChI is InChI=1S/C30H33F3N6O3/c1-19-25(27(40)42-5)26(24-14-13-20(18-34)16-21(24)10-7-6-8-15-39(2,3)4)38-28(35-36-29(38)41)37(19)23-12-9-11-22(17-23)30(31,32)33/h9,11-14,16-17,26H,6-8,10,15H2,1-5H3/p+1. The van der Waals surface area contributed by atoms with Crippen LogP contribution in [0.25, 0.3) is 0 Å². The molecular weight excluding hydrogens is 549 g/mol. The molecule has 0 aliphatic carbocycles. The van der Waals surface area contributed by atoms with Gasteiger partial charge in [-0.1, -0.05) is 12.1 Å². The van der Waals surface area contributed by atoms with E-state index in [1.165, 1.54) is 28.7 Å². The van der Waals surface area contributed by atoms with Gasteiger partial charge in [-0.2, -0.15) is 18.4 Å². The van der Waals surface area contributed by atoms with Crippen molar-refractivity contribution in [2.75, 3.05) is 39.7 Å². The number of hydrogen-bond donors (Lipinski definition) is 1. The van der Waals surface area contributed by atoms with Crippen molar-refractivity contribution in [1.29, 1.82) is 5.26 Å². The maximum absolute atomic E-state index is 13.6. The molecule has 1 aliphatic heterocycles. The first kappa shape index (κ1) is 30.6. The number of allylic oxidation sites excluding steroid dienone is 1. The van der Waals surface area contributed by atoms with E-state index in [0.29, 0.717) is 17.5 Å². The van der Waals surface area contributed by atoms with E-state index in [0.717, 1.165) is 48.0 Å². The maximum atomic E-state index is 13.6. The molecule has 0 bridgehead atoms. The zero-order valence-electron chi connectivity index (χ0n) is 24.2. The number of quaternary nitrogens is 1. The number of unbranched alkanes of at least 4 members (excludes halogenated alkanes) is 2. The number of aromatic nitrogens is 3. The number of rotatable bonds is 9. The van der Waals surface area contributed by atoms with Gasteiger partial charge < -0.3 is 9.22 Å². The zero-order valence-corrected chi connectivity index (χ0v) is 24.2. The lowest BCUT2D eigenvalue weighted by Crippen LogP contribution is -2.38. The maximum Gasteiger partial charge on any atom is 0.416 e. The lowest BCUT2D eigenvalue weighted by molar-refractivity contribution is -0.870. The number of ether oxygens (including phenoxy) is 1. The summed E-state index contributed by atoms with van der Waals surface area (Å²) in [7, 11) is 7.59. The Morgan fingerprint density at radius 1 is 1.14 bits per heavy atom. The number of aryl methyl sites for hydroxylation is 1. The number of anilines is 2. The second-order valence-corrected chi connectivity index (χ2v) is 11.3. The second-order valence-electron chi connectivity index (χ2n) is 11.3. The van der Waals surface area contributed by atoms with Crippen molar-refractivity contribution >= 4 is 17.6 Å². The van der Waals surface area contributed by atoms with Crippen LogP contribution in [0.1, 0.15) is 54.5 Å². The molecule has 4 rings (SSSR count). The van der Waals surface area contributed by atoms with Crippen LogP contribution < -0.4 is 10.6 Å². The predicted molar refractivity (Wildman–Crippen MR) is 151 cm³/mol. The smallest absolute Gasteiger partial charge is 0.416 e. The molecule has 1 unspecified atom stereocenters. The Bertz CT molecular complexity index is 1610. The number of carbonyl (C=O) groups excluding carboxylic acids is 1. The van der Waals surface area contributed by atoms with E-state index in [1.807, 2.05) is 0 Å². The molecule has 9 nitrogen and oxygen atoms in total. The number of nitrogens with zero attached hydrogens (tertiary/aromatic N) is 5. The number of carbonyl (C=O) groups is 1. The zero-order chi connectivity index (χ0) is 30.8. The van der Waals surface area contributed by atoms with Gasteiger partial charge in [-0.15, -0.1) is 5.10 Å². The van der Waals surface area contributed by atoms with E-state index in [4.69, 9.17) is 4.74 Å². The number of esters is 1. The number of nitrogens with one attached hydrogen (secondary N) is 1. The second kappa shape index (κ2) is 11.9. The van der Waals surface area contributed by atoms with Crippen molar-refractivity contribution in [2.24, 2.45) is 0 Å². The summed E-state index contributed by atoms with van der Waals surface area (Å²) in [5, 5.41) is 16.2. The van der Waals surface area contributed by atoms with E-state index in [-0.39, 0.29) is 22.9 Å². The fourth-order valence-corrected chi connectivity index (χ4v) is 5.32. The molecule has 2 heterocycles. The molecule has 3 aromatic rings. The number of methoxy groups -OCH3 is 1. The molecule has 222 valence electrons. The van der Waals surface area contributed by atoms with Crippen LogP contribution in [0.5, 0.6) is 0 Å². The quantitative estimate of drug-likeness (QED) is 0.214. The van der Waals surface area contributed by atoms with E-state index in [2.05, 4.69) is 37.4 Å². The SMILES string of the molecule is COC(=O)C1=C(C)N(c2cccc(C(F)(F)F)c2)c2n[nH]c(=O)n2C1c1ccc(C#N)cc1CCCCC[N+](C)(C)C. The van der Waals surface area contributed by atoms with Crippen molar-refractivity contribution < 1.29 is 27.2 Å². The van der Waals surface area contributed by atoms with E-state index in [9.17, 15) is 28.0 Å². The van der Waals surface area contributed by atoms with E-state index >= 15 is 0 Å². The monoisotopic (exact) mass is 583 g/mol. The lowest BCUT2D eigenvalue weighted by atomic mass is 9.88. The molecule has 0 saturated carbocycles. The first-order valence-corrected chi connectivity index (χ1v) is 13.5. The van der Waals surface area contributed by atoms with Gasteiger partial charge in [0.25, 0.3) is 0 Å². The van der Waals surface area contributed by atoms with E-state index in [1.54, 1.807) is 25.1 Å². The Kier molecular flexibility index (Phi) is 8.63. The number of H-pyrrole nitrogens is 1. The molecule has 12 heteroatoms. The largest absolute Gasteiger partial charge is 0.466 e. The van der Waals surface area contributed by atoms with Gasteiger partial charge >= 0.3 is 17.8 Å². The molecule has 0 radical (unpaired) electrons. The fourth-order valence-electron chi connectivity index (χ4n) is 5.32. The number of halogens is 3. The van der Waals surface area contributed by atoms with Crippen LogP contribution in [-0.4, -0.2) is 60.0 Å². The molecule has 0 fully saturated rings. The first-order chi connectivity index (χ1) is 19.8. The number of fused-ring (bicyclic) bond motifs is 1. The Morgan fingerprint density at radius 3 is 2.52 bits per heavy atom. The first-order valence-electron chi connectivity index (χ1n) is 13.5. The van der Waals surface area contributed by atoms with Gasteiger partial charge in [-0.3, -0.25) is 4.90 Å². The molecule has 0 spiro atoms. The number of aromatic amines is 1. The number of alkyl halides is 3. The molecule has 1 atom stereocenters. The van der Waals surface area contributed by atoms with E-state index < -0.39 is 29.4 Å². The molecule has 2 aromatic carbocycles. The molecule has 42 heavy (non-hydrogen) atoms. The molecule has 1 aromatic heterocycles. The van der Waals surface area contributed by atoms with Crippen molar-refractivity contribution in [1.82, 2.24) is 14.8 Å². The van der Waals surface area contributed by atoms with Crippen LogP contribution in [0.2, 0.25) is 0 Å². The van der Waals surface area contributed by atoms with Crippen LogP contribution in [-0.2, 0) is 22.1 Å². The highest BCUT2D eigenvalue weighted by atomic mass is 19.4. The van der Waals surface area contributed by atoms with Crippen molar-refractivity contribution in [3.63, 3.8) is 0 Å². The van der Waals surface area contributed by atoms with Crippen LogP contribution in [0.15, 0.2) is 58.5 Å². The highest BCUT2D eigenvalue weighted by molar-refractivity contribution is 5.93. The minimum atomic E-state index is -4.61. The van der Waals surface area contributed by atoms with Gasteiger partial charge in [0.15, 0.2) is 0 Å². The van der Waals surface area contributed by atoms with Gasteiger partial charge in [0, 0.05) is 11.4 Å². The predicted octanol–water partition coefficient (Wildman–Crippen LogP) is 5.07. The average molecular weight is 584 g/mol. The Hall–Kier alpha value is -4.37. The number of benzene rings is 2. The summed E-state index contributed by atoms with van der Waals surface area (Å²) in [6.07, 6.45) is -1.26. The Balaban J connectivity index is 1.86. The minimum absolute atomic E-state index is 0.0210. The topological polar surface area (TPSA) is 104 Å². The number of nitriles is 1. The van der Waals surface area contributed by atoms with Crippen LogP contribution in [0.4, 0.5) is 24.8 Å². The van der Waals surface area contributed by atoms with Crippen molar-refractivity contribution in [3.05, 3.63) is 86.5 Å². The molecule has 0 saturated heterocycles. The Morgan fingerprint density at radius 2 is 1.88 bits per heavy atom. The minimum Gasteiger partial charge on any atom is -0.466 e. The highest BCUT2D eigenvalue weighted by Gasteiger charge is 2.41. The molecule has 0 amide bonds. The lowest BCUT2D eigenvalue weighted by Gasteiger charge is -2.36. The van der Waals surface area contributed by atoms with Gasteiger partial charge in [-0.25, -0.2) is 19.3 Å². The highest BCUT2D eigenvalue weighted by Crippen LogP contribution is 2.43. The van der Waals surface area contributed by atoms with Crippen LogP contribution in [0, 0.1) is 11.3 Å². The molecule has 1 N–H and O–H groups in total. The summed E-state index contributed by atoms with van der Waals surface area (Å²) in [5.41, 5.74) is 0.677. The summed E-state index contributed by atoms with van der Waals surface area (Å²) >= 11 is 0. The van der Waals surface area contributed by atoms with Crippen LogP contribution >= 0.6 is 0 Å². The average Bonchev–Trinajstić information content (AvgIpc) is 3.31. The van der Waals surface area contributed by atoms with Crippen LogP contribution in [0.3, 0.4) is 0 Å².